The van der Waals surface area contributed by atoms with Crippen LogP contribution >= 0.6 is 0 Å². The Hall–Kier alpha value is -2.22. The molecule has 3 rings (SSSR count). The van der Waals surface area contributed by atoms with Crippen LogP contribution in [-0.2, 0) is 21.3 Å². The van der Waals surface area contributed by atoms with Gasteiger partial charge in [0.25, 0.3) is 5.91 Å². The molecule has 1 heterocycles. The van der Waals surface area contributed by atoms with Crippen LogP contribution in [0, 0.1) is 0 Å². The Labute approximate surface area is 160 Å². The third-order valence-corrected chi connectivity index (χ3v) is 6.65. The third-order valence-electron chi connectivity index (χ3n) is 4.62. The number of sulfonamides is 1. The number of carbonyl (C=O) groups excluding carboxylic acids is 1. The fourth-order valence-corrected chi connectivity index (χ4v) is 4.72. The lowest BCUT2D eigenvalue weighted by Crippen LogP contribution is -2.46. The highest BCUT2D eigenvalue weighted by Gasteiger charge is 2.31. The van der Waals surface area contributed by atoms with Crippen LogP contribution in [0.5, 0.6) is 0 Å². The Bertz CT molecular complexity index is 882. The number of rotatable bonds is 5. The smallest absolute Gasteiger partial charge is 0.253 e. The zero-order valence-electron chi connectivity index (χ0n) is 15.5. The summed E-state index contributed by atoms with van der Waals surface area (Å²) in [6.07, 6.45) is 0. The molecule has 0 aliphatic carbocycles. The van der Waals surface area contributed by atoms with E-state index in [0.29, 0.717) is 31.9 Å². The summed E-state index contributed by atoms with van der Waals surface area (Å²) in [4.78, 5) is 14.4. The average Bonchev–Trinajstić information content (AvgIpc) is 2.68. The van der Waals surface area contributed by atoms with Gasteiger partial charge in [0.1, 0.15) is 0 Å². The van der Waals surface area contributed by atoms with E-state index in [-0.39, 0.29) is 16.8 Å². The Morgan fingerprint density at radius 1 is 1.15 bits per heavy atom. The van der Waals surface area contributed by atoms with Crippen molar-refractivity contribution < 1.29 is 17.9 Å². The molecule has 1 saturated heterocycles. The monoisotopic (exact) mass is 388 g/mol. The molecule has 0 N–H and O–H groups in total. The molecule has 6 nitrogen and oxygen atoms in total. The first-order valence-electron chi connectivity index (χ1n) is 8.88. The van der Waals surface area contributed by atoms with Crippen molar-refractivity contribution in [1.82, 2.24) is 9.21 Å². The maximum atomic E-state index is 12.8. The lowest BCUT2D eigenvalue weighted by molar-refractivity contribution is 0.0393. The number of carbonyl (C=O) groups is 1. The van der Waals surface area contributed by atoms with E-state index in [9.17, 15) is 13.2 Å². The van der Waals surface area contributed by atoms with Crippen molar-refractivity contribution >= 4 is 15.9 Å². The molecule has 0 aromatic heterocycles. The predicted octanol–water partition coefficient (Wildman–Crippen LogP) is 2.37. The first kappa shape index (κ1) is 19.5. The zero-order valence-corrected chi connectivity index (χ0v) is 16.4. The van der Waals surface area contributed by atoms with E-state index in [1.165, 1.54) is 16.4 Å². The molecule has 0 spiro atoms. The summed E-state index contributed by atoms with van der Waals surface area (Å²) in [6, 6.07) is 15.7. The molecule has 0 bridgehead atoms. The van der Waals surface area contributed by atoms with Gasteiger partial charge in [-0.1, -0.05) is 30.3 Å². The summed E-state index contributed by atoms with van der Waals surface area (Å²) in [5, 5.41) is 0. The fourth-order valence-electron chi connectivity index (χ4n) is 3.12. The van der Waals surface area contributed by atoms with Crippen molar-refractivity contribution in [2.75, 3.05) is 26.8 Å². The minimum atomic E-state index is -3.59. The van der Waals surface area contributed by atoms with Gasteiger partial charge in [-0.2, -0.15) is 4.31 Å². The lowest BCUT2D eigenvalue weighted by atomic mass is 10.1. The second-order valence-electron chi connectivity index (χ2n) is 6.71. The van der Waals surface area contributed by atoms with E-state index in [1.54, 1.807) is 24.1 Å². The molecule has 0 saturated carbocycles. The van der Waals surface area contributed by atoms with Crippen LogP contribution in [0.2, 0.25) is 0 Å². The van der Waals surface area contributed by atoms with Crippen LogP contribution in [-0.4, -0.2) is 56.4 Å². The standard InChI is InChI=1S/C20H24N2O4S/c1-16-15-26-13-12-22(16)27(24,25)19-10-8-18(9-11-19)20(23)21(2)14-17-6-4-3-5-7-17/h3-11,16H,12-15H2,1-2H3. The number of amides is 1. The third kappa shape index (κ3) is 4.37. The van der Waals surface area contributed by atoms with Crippen molar-refractivity contribution in [1.29, 1.82) is 0 Å². The number of nitrogens with zero attached hydrogens (tertiary/aromatic N) is 2. The highest BCUT2D eigenvalue weighted by atomic mass is 32.2. The summed E-state index contributed by atoms with van der Waals surface area (Å²) >= 11 is 0. The van der Waals surface area contributed by atoms with E-state index >= 15 is 0 Å². The average molecular weight is 388 g/mol. The van der Waals surface area contributed by atoms with Gasteiger partial charge in [0.15, 0.2) is 0 Å². The van der Waals surface area contributed by atoms with Crippen LogP contribution < -0.4 is 0 Å². The van der Waals surface area contributed by atoms with E-state index in [4.69, 9.17) is 4.74 Å². The molecule has 2 aromatic carbocycles. The van der Waals surface area contributed by atoms with Gasteiger partial charge in [0.2, 0.25) is 10.0 Å². The van der Waals surface area contributed by atoms with E-state index in [1.807, 2.05) is 37.3 Å². The molecule has 144 valence electrons. The molecule has 27 heavy (non-hydrogen) atoms. The second-order valence-corrected chi connectivity index (χ2v) is 8.60. The number of hydrogen-bond donors (Lipinski definition) is 0. The molecule has 7 heteroatoms. The van der Waals surface area contributed by atoms with Crippen LogP contribution in [0.1, 0.15) is 22.8 Å². The van der Waals surface area contributed by atoms with Crippen LogP contribution in [0.4, 0.5) is 0 Å². The Kier molecular flexibility index (Phi) is 5.94. The second kappa shape index (κ2) is 8.21. The first-order valence-corrected chi connectivity index (χ1v) is 10.3. The van der Waals surface area contributed by atoms with Crippen molar-refractivity contribution in [2.24, 2.45) is 0 Å². The van der Waals surface area contributed by atoms with Crippen LogP contribution in [0.25, 0.3) is 0 Å². The molecule has 1 aliphatic heterocycles. The summed E-state index contributed by atoms with van der Waals surface area (Å²) in [5.74, 6) is -0.150. The maximum Gasteiger partial charge on any atom is 0.253 e. The number of benzene rings is 2. The largest absolute Gasteiger partial charge is 0.378 e. The van der Waals surface area contributed by atoms with E-state index < -0.39 is 10.0 Å². The van der Waals surface area contributed by atoms with Gasteiger partial charge in [0, 0.05) is 31.7 Å². The van der Waals surface area contributed by atoms with Crippen molar-refractivity contribution in [3.05, 3.63) is 65.7 Å². The number of hydrogen-bond acceptors (Lipinski definition) is 4. The molecule has 1 atom stereocenters. The van der Waals surface area contributed by atoms with Gasteiger partial charge >= 0.3 is 0 Å². The highest BCUT2D eigenvalue weighted by Crippen LogP contribution is 2.21. The molecular weight excluding hydrogens is 364 g/mol. The Morgan fingerprint density at radius 2 is 1.81 bits per heavy atom. The molecule has 1 aliphatic rings. The van der Waals surface area contributed by atoms with E-state index in [0.717, 1.165) is 5.56 Å². The van der Waals surface area contributed by atoms with Gasteiger partial charge in [-0.3, -0.25) is 4.79 Å². The minimum absolute atomic E-state index is 0.150. The summed E-state index contributed by atoms with van der Waals surface area (Å²) in [7, 11) is -1.86. The lowest BCUT2D eigenvalue weighted by Gasteiger charge is -2.32. The molecular formula is C20H24N2O4S. The van der Waals surface area contributed by atoms with E-state index in [2.05, 4.69) is 0 Å². The van der Waals surface area contributed by atoms with Crippen molar-refractivity contribution in [2.45, 2.75) is 24.4 Å². The van der Waals surface area contributed by atoms with Crippen LogP contribution in [0.3, 0.4) is 0 Å². The molecule has 2 aromatic rings. The normalized spacial score (nSPS) is 18.2. The molecule has 1 unspecified atom stereocenters. The van der Waals surface area contributed by atoms with Gasteiger partial charge < -0.3 is 9.64 Å². The molecule has 0 radical (unpaired) electrons. The Morgan fingerprint density at radius 3 is 2.44 bits per heavy atom. The molecule has 1 fully saturated rings. The Balaban J connectivity index is 1.73. The highest BCUT2D eigenvalue weighted by molar-refractivity contribution is 7.89. The first-order chi connectivity index (χ1) is 12.9. The van der Waals surface area contributed by atoms with Crippen molar-refractivity contribution in [3.63, 3.8) is 0 Å². The SMILES string of the molecule is CC1COCCN1S(=O)(=O)c1ccc(C(=O)N(C)Cc2ccccc2)cc1. The summed E-state index contributed by atoms with van der Waals surface area (Å²) < 4.78 is 32.4. The quantitative estimate of drug-likeness (QED) is 0.789. The van der Waals surface area contributed by atoms with Gasteiger partial charge in [-0.05, 0) is 36.8 Å². The number of ether oxygens (including phenoxy) is 1. The van der Waals surface area contributed by atoms with Crippen LogP contribution in [0.15, 0.2) is 59.5 Å². The predicted molar refractivity (Wildman–Crippen MR) is 103 cm³/mol. The van der Waals surface area contributed by atoms with Gasteiger partial charge in [-0.25, -0.2) is 8.42 Å². The topological polar surface area (TPSA) is 66.9 Å². The zero-order chi connectivity index (χ0) is 19.4. The van der Waals surface area contributed by atoms with Gasteiger partial charge in [0.05, 0.1) is 18.1 Å². The maximum absolute atomic E-state index is 12.8. The molecule has 1 amide bonds. The summed E-state index contributed by atoms with van der Waals surface area (Å²) in [5.41, 5.74) is 1.50. The van der Waals surface area contributed by atoms with Crippen molar-refractivity contribution in [3.8, 4) is 0 Å². The number of morpholine rings is 1. The van der Waals surface area contributed by atoms with Gasteiger partial charge in [-0.15, -0.1) is 0 Å². The minimum Gasteiger partial charge on any atom is -0.378 e. The fraction of sp³-hybridized carbons (Fsp3) is 0.350. The summed E-state index contributed by atoms with van der Waals surface area (Å²) in [6.45, 7) is 3.44.